The first-order valence-electron chi connectivity index (χ1n) is 7.69. The van der Waals surface area contributed by atoms with E-state index < -0.39 is 0 Å². The van der Waals surface area contributed by atoms with Crippen molar-refractivity contribution in [3.05, 3.63) is 58.8 Å². The van der Waals surface area contributed by atoms with Crippen LogP contribution in [0.4, 0.5) is 5.69 Å². The van der Waals surface area contributed by atoms with Gasteiger partial charge in [-0.1, -0.05) is 49.5 Å². The van der Waals surface area contributed by atoms with Crippen molar-refractivity contribution >= 4 is 46.0 Å². The molecule has 1 saturated heterocycles. The average molecular weight is 342 g/mol. The van der Waals surface area contributed by atoms with Crippen LogP contribution in [0, 0.1) is 0 Å². The Kier molecular flexibility index (Phi) is 4.98. The second kappa shape index (κ2) is 7.15. The molecule has 1 fully saturated rings. The van der Waals surface area contributed by atoms with Gasteiger partial charge in [-0.15, -0.1) is 0 Å². The maximum Gasteiger partial charge on any atom is 0.270 e. The van der Waals surface area contributed by atoms with E-state index in [-0.39, 0.29) is 5.91 Å². The summed E-state index contributed by atoms with van der Waals surface area (Å²) >= 11 is 6.73. The van der Waals surface area contributed by atoms with Gasteiger partial charge in [0.2, 0.25) is 0 Å². The van der Waals surface area contributed by atoms with Crippen LogP contribution >= 0.6 is 24.0 Å². The molecule has 0 atom stereocenters. The Morgan fingerprint density at radius 3 is 2.70 bits per heavy atom. The molecule has 0 bridgehead atoms. The van der Waals surface area contributed by atoms with Crippen molar-refractivity contribution in [1.82, 2.24) is 4.98 Å². The van der Waals surface area contributed by atoms with Crippen molar-refractivity contribution in [3.63, 3.8) is 0 Å². The van der Waals surface area contributed by atoms with Crippen LogP contribution in [0.5, 0.6) is 0 Å². The summed E-state index contributed by atoms with van der Waals surface area (Å²) in [5.41, 5.74) is 3.03. The number of anilines is 1. The number of benzene rings is 1. The van der Waals surface area contributed by atoms with E-state index in [4.69, 9.17) is 12.2 Å². The number of H-pyrrole nitrogens is 1. The molecule has 118 valence electrons. The number of aromatic amines is 1. The molecule has 3 rings (SSSR count). The minimum absolute atomic E-state index is 0.0593. The van der Waals surface area contributed by atoms with E-state index >= 15 is 0 Å². The third-order valence-electron chi connectivity index (χ3n) is 3.72. The fourth-order valence-electron chi connectivity index (χ4n) is 2.46. The molecule has 3 nitrogen and oxygen atoms in total. The van der Waals surface area contributed by atoms with Gasteiger partial charge in [-0.25, -0.2) is 0 Å². The van der Waals surface area contributed by atoms with Gasteiger partial charge in [-0.05, 0) is 48.7 Å². The van der Waals surface area contributed by atoms with E-state index in [1.807, 2.05) is 36.5 Å². The van der Waals surface area contributed by atoms with Crippen molar-refractivity contribution in [2.75, 3.05) is 4.90 Å². The number of thiocarbonyl (C=S) groups is 1. The summed E-state index contributed by atoms with van der Waals surface area (Å²) in [6, 6.07) is 12.0. The van der Waals surface area contributed by atoms with Crippen molar-refractivity contribution < 1.29 is 4.79 Å². The minimum atomic E-state index is -0.0593. The molecule has 1 aliphatic heterocycles. The van der Waals surface area contributed by atoms with E-state index in [9.17, 15) is 4.79 Å². The lowest BCUT2D eigenvalue weighted by molar-refractivity contribution is -0.113. The van der Waals surface area contributed by atoms with Crippen molar-refractivity contribution in [2.24, 2.45) is 0 Å². The Balaban J connectivity index is 1.80. The highest BCUT2D eigenvalue weighted by Gasteiger charge is 2.33. The number of hydrogen-bond acceptors (Lipinski definition) is 3. The number of aromatic nitrogens is 1. The molecule has 2 heterocycles. The van der Waals surface area contributed by atoms with Gasteiger partial charge in [0.15, 0.2) is 4.32 Å². The third kappa shape index (κ3) is 3.57. The molecule has 1 amide bonds. The van der Waals surface area contributed by atoms with E-state index in [2.05, 4.69) is 24.0 Å². The summed E-state index contributed by atoms with van der Waals surface area (Å²) in [5, 5.41) is 0. The molecule has 23 heavy (non-hydrogen) atoms. The van der Waals surface area contributed by atoms with Gasteiger partial charge in [0.1, 0.15) is 0 Å². The number of nitrogens with zero attached hydrogens (tertiary/aromatic N) is 1. The number of aryl methyl sites for hydroxylation is 1. The Hall–Kier alpha value is -1.85. The monoisotopic (exact) mass is 342 g/mol. The molecular formula is C18H18N2OS2. The molecule has 0 aliphatic carbocycles. The highest BCUT2D eigenvalue weighted by molar-refractivity contribution is 8.27. The molecule has 0 saturated carbocycles. The van der Waals surface area contributed by atoms with Gasteiger partial charge in [-0.3, -0.25) is 9.69 Å². The first kappa shape index (κ1) is 16.0. The summed E-state index contributed by atoms with van der Waals surface area (Å²) in [7, 11) is 0. The van der Waals surface area contributed by atoms with Gasteiger partial charge >= 0.3 is 0 Å². The smallest absolute Gasteiger partial charge is 0.270 e. The Labute approximate surface area is 145 Å². The normalized spacial score (nSPS) is 16.6. The zero-order chi connectivity index (χ0) is 16.2. The molecule has 1 aliphatic rings. The molecule has 0 spiro atoms. The number of carbonyl (C=O) groups is 1. The van der Waals surface area contributed by atoms with E-state index in [1.165, 1.54) is 30.2 Å². The lowest BCUT2D eigenvalue weighted by Crippen LogP contribution is -2.27. The molecule has 0 unspecified atom stereocenters. The van der Waals surface area contributed by atoms with E-state index in [0.29, 0.717) is 9.23 Å². The van der Waals surface area contributed by atoms with E-state index in [0.717, 1.165) is 17.8 Å². The summed E-state index contributed by atoms with van der Waals surface area (Å²) in [4.78, 5) is 18.0. The fourth-order valence-corrected chi connectivity index (χ4v) is 3.75. The van der Waals surface area contributed by atoms with Crippen LogP contribution in [0.3, 0.4) is 0 Å². The third-order valence-corrected chi connectivity index (χ3v) is 5.02. The van der Waals surface area contributed by atoms with Gasteiger partial charge in [0.05, 0.1) is 10.6 Å². The SMILES string of the molecule is CCCCc1ccc(N2C(=O)/C(=C\c3ccc[nH]3)SC2=S)cc1. The Bertz CT molecular complexity index is 733. The maximum atomic E-state index is 12.6. The number of carbonyl (C=O) groups excluding carboxylic acids is 1. The molecule has 0 radical (unpaired) electrons. The van der Waals surface area contributed by atoms with E-state index in [1.54, 1.807) is 4.90 Å². The standard InChI is InChI=1S/C18H18N2OS2/c1-2-3-5-13-7-9-15(10-8-13)20-17(21)16(23-18(20)22)12-14-6-4-11-19-14/h4,6-12,19H,2-3,5H2,1H3/b16-12+. The van der Waals surface area contributed by atoms with Crippen molar-refractivity contribution in [3.8, 4) is 0 Å². The van der Waals surface area contributed by atoms with Gasteiger partial charge in [0.25, 0.3) is 5.91 Å². The second-order valence-corrected chi connectivity index (χ2v) is 7.09. The lowest BCUT2D eigenvalue weighted by atomic mass is 10.1. The minimum Gasteiger partial charge on any atom is -0.362 e. The summed E-state index contributed by atoms with van der Waals surface area (Å²) in [6.45, 7) is 2.19. The van der Waals surface area contributed by atoms with Crippen LogP contribution in [-0.2, 0) is 11.2 Å². The summed E-state index contributed by atoms with van der Waals surface area (Å²) in [5.74, 6) is -0.0593. The molecule has 2 aromatic rings. The predicted molar refractivity (Wildman–Crippen MR) is 101 cm³/mol. The van der Waals surface area contributed by atoms with Crippen LogP contribution in [0.2, 0.25) is 0 Å². The zero-order valence-corrected chi connectivity index (χ0v) is 14.5. The van der Waals surface area contributed by atoms with Crippen LogP contribution in [0.25, 0.3) is 6.08 Å². The van der Waals surface area contributed by atoms with Gasteiger partial charge in [0, 0.05) is 11.9 Å². The number of amides is 1. The quantitative estimate of drug-likeness (QED) is 0.628. The lowest BCUT2D eigenvalue weighted by Gasteiger charge is -2.15. The van der Waals surface area contributed by atoms with Crippen LogP contribution < -0.4 is 4.90 Å². The molecule has 1 N–H and O–H groups in total. The highest BCUT2D eigenvalue weighted by Crippen LogP contribution is 2.35. The number of hydrogen-bond donors (Lipinski definition) is 1. The number of nitrogens with one attached hydrogen (secondary N) is 1. The van der Waals surface area contributed by atoms with Gasteiger partial charge < -0.3 is 4.98 Å². The van der Waals surface area contributed by atoms with Gasteiger partial charge in [-0.2, -0.15) is 0 Å². The molecule has 5 heteroatoms. The largest absolute Gasteiger partial charge is 0.362 e. The van der Waals surface area contributed by atoms with Crippen LogP contribution in [-0.4, -0.2) is 15.2 Å². The molecule has 1 aromatic carbocycles. The second-order valence-electron chi connectivity index (χ2n) is 5.41. The van der Waals surface area contributed by atoms with Crippen LogP contribution in [0.15, 0.2) is 47.5 Å². The maximum absolute atomic E-state index is 12.6. The van der Waals surface area contributed by atoms with Crippen molar-refractivity contribution in [2.45, 2.75) is 26.2 Å². The van der Waals surface area contributed by atoms with Crippen molar-refractivity contribution in [1.29, 1.82) is 0 Å². The summed E-state index contributed by atoms with van der Waals surface area (Å²) in [6.07, 6.45) is 7.11. The molecule has 1 aromatic heterocycles. The first-order valence-corrected chi connectivity index (χ1v) is 8.92. The number of rotatable bonds is 5. The fraction of sp³-hybridized carbons (Fsp3) is 0.222. The Morgan fingerprint density at radius 2 is 2.04 bits per heavy atom. The zero-order valence-electron chi connectivity index (χ0n) is 12.9. The number of unbranched alkanes of at least 4 members (excludes halogenated alkanes) is 1. The number of thioether (sulfide) groups is 1. The molecular weight excluding hydrogens is 324 g/mol. The Morgan fingerprint density at radius 1 is 1.26 bits per heavy atom. The first-order chi connectivity index (χ1) is 11.2. The van der Waals surface area contributed by atoms with Crippen LogP contribution in [0.1, 0.15) is 31.0 Å². The topological polar surface area (TPSA) is 36.1 Å². The average Bonchev–Trinajstić information content (AvgIpc) is 3.15. The summed E-state index contributed by atoms with van der Waals surface area (Å²) < 4.78 is 0.578. The predicted octanol–water partition coefficient (Wildman–Crippen LogP) is 4.76. The highest BCUT2D eigenvalue weighted by atomic mass is 32.2.